The number of aliphatic hydroxyl groups excluding tert-OH is 1. The summed E-state index contributed by atoms with van der Waals surface area (Å²) < 4.78 is 6.75. The number of piperidine rings is 1. The number of halogens is 1. The van der Waals surface area contributed by atoms with Gasteiger partial charge in [-0.15, -0.1) is 0 Å². The summed E-state index contributed by atoms with van der Waals surface area (Å²) in [7, 11) is -1.83. The van der Waals surface area contributed by atoms with Gasteiger partial charge in [-0.3, -0.25) is 0 Å². The van der Waals surface area contributed by atoms with Gasteiger partial charge >= 0.3 is 0 Å². The van der Waals surface area contributed by atoms with Crippen LogP contribution in [0.2, 0.25) is 23.2 Å². The Bertz CT molecular complexity index is 825. The summed E-state index contributed by atoms with van der Waals surface area (Å²) in [5.41, 5.74) is 2.34. The zero-order chi connectivity index (χ0) is 22.7. The Kier molecular flexibility index (Phi) is 7.70. The quantitative estimate of drug-likeness (QED) is 0.484. The number of β-amino-alcohol motifs (C(OH)–C–C–N with tert-alkyl or cyclic N) is 1. The molecule has 0 aromatic heterocycles. The molecule has 0 saturated carbocycles. The molecule has 0 aliphatic carbocycles. The highest BCUT2D eigenvalue weighted by Gasteiger charge is 2.42. The summed E-state index contributed by atoms with van der Waals surface area (Å²) in [6.07, 6.45) is 1.59. The van der Waals surface area contributed by atoms with Crippen LogP contribution in [0.25, 0.3) is 0 Å². The van der Waals surface area contributed by atoms with Crippen LogP contribution in [0.1, 0.15) is 50.8 Å². The van der Waals surface area contributed by atoms with E-state index in [1.807, 2.05) is 24.3 Å². The van der Waals surface area contributed by atoms with Crippen molar-refractivity contribution >= 4 is 19.9 Å². The molecule has 5 heteroatoms. The second kappa shape index (κ2) is 9.76. The van der Waals surface area contributed by atoms with Gasteiger partial charge in [-0.25, -0.2) is 0 Å². The number of hydrogen-bond acceptors (Lipinski definition) is 3. The third-order valence-corrected chi connectivity index (χ3v) is 12.1. The molecule has 1 aliphatic rings. The largest absolute Gasteiger partial charge is 0.416 e. The lowest BCUT2D eigenvalue weighted by Crippen LogP contribution is -2.50. The number of aliphatic hydroxyl groups is 1. The summed E-state index contributed by atoms with van der Waals surface area (Å²) in [4.78, 5) is 2.38. The minimum atomic E-state index is -1.83. The molecule has 1 saturated heterocycles. The lowest BCUT2D eigenvalue weighted by molar-refractivity contribution is 0.0635. The highest BCUT2D eigenvalue weighted by molar-refractivity contribution is 6.74. The fraction of sp³-hybridized carbons (Fsp3) is 0.538. The van der Waals surface area contributed by atoms with Crippen LogP contribution in [0.4, 0.5) is 0 Å². The second-order valence-electron chi connectivity index (χ2n) is 10.6. The van der Waals surface area contributed by atoms with Gasteiger partial charge in [0.1, 0.15) is 0 Å². The molecule has 0 radical (unpaired) electrons. The van der Waals surface area contributed by atoms with Crippen molar-refractivity contribution in [1.29, 1.82) is 0 Å². The van der Waals surface area contributed by atoms with Gasteiger partial charge in [0.15, 0.2) is 8.32 Å². The fourth-order valence-electron chi connectivity index (χ4n) is 4.04. The van der Waals surface area contributed by atoms with Crippen LogP contribution >= 0.6 is 11.6 Å². The van der Waals surface area contributed by atoms with E-state index < -0.39 is 14.4 Å². The minimum absolute atomic E-state index is 0.0402. The molecule has 1 N–H and O–H groups in total. The zero-order valence-corrected chi connectivity index (χ0v) is 21.5. The van der Waals surface area contributed by atoms with Crippen molar-refractivity contribution in [2.75, 3.05) is 26.2 Å². The second-order valence-corrected chi connectivity index (χ2v) is 15.8. The molecule has 3 rings (SSSR count). The van der Waals surface area contributed by atoms with E-state index in [1.165, 1.54) is 5.56 Å². The molecule has 1 unspecified atom stereocenters. The summed E-state index contributed by atoms with van der Waals surface area (Å²) >= 11 is 5.99. The predicted octanol–water partition coefficient (Wildman–Crippen LogP) is 6.43. The molecular weight excluding hydrogens is 422 g/mol. The Morgan fingerprint density at radius 3 is 2.16 bits per heavy atom. The lowest BCUT2D eigenvalue weighted by atomic mass is 9.73. The molecule has 2 aromatic rings. The number of rotatable bonds is 7. The van der Waals surface area contributed by atoms with Crippen LogP contribution in [0.3, 0.4) is 0 Å². The van der Waals surface area contributed by atoms with E-state index in [-0.39, 0.29) is 10.5 Å². The Morgan fingerprint density at radius 2 is 1.61 bits per heavy atom. The van der Waals surface area contributed by atoms with E-state index in [1.54, 1.807) is 0 Å². The molecule has 1 atom stereocenters. The van der Waals surface area contributed by atoms with Gasteiger partial charge in [-0.2, -0.15) is 0 Å². The van der Waals surface area contributed by atoms with Crippen molar-refractivity contribution in [3.8, 4) is 0 Å². The van der Waals surface area contributed by atoms with Crippen molar-refractivity contribution in [1.82, 2.24) is 4.90 Å². The van der Waals surface area contributed by atoms with Crippen molar-refractivity contribution < 1.29 is 9.53 Å². The van der Waals surface area contributed by atoms with Gasteiger partial charge in [-0.1, -0.05) is 74.8 Å². The van der Waals surface area contributed by atoms with Crippen LogP contribution in [0.15, 0.2) is 54.6 Å². The monoisotopic (exact) mass is 459 g/mol. The van der Waals surface area contributed by atoms with E-state index in [9.17, 15) is 5.11 Å². The number of hydrogen-bond donors (Lipinski definition) is 1. The number of benzene rings is 2. The lowest BCUT2D eigenvalue weighted by Gasteiger charge is -2.46. The van der Waals surface area contributed by atoms with E-state index in [2.05, 4.69) is 69.1 Å². The molecule has 0 bridgehead atoms. The Morgan fingerprint density at radius 1 is 1.03 bits per heavy atom. The van der Waals surface area contributed by atoms with E-state index >= 15 is 0 Å². The molecule has 170 valence electrons. The van der Waals surface area contributed by atoms with Crippen molar-refractivity contribution in [2.24, 2.45) is 0 Å². The smallest absolute Gasteiger partial charge is 0.192 e. The first-order valence-electron chi connectivity index (χ1n) is 11.4. The van der Waals surface area contributed by atoms with E-state index in [0.717, 1.165) is 38.1 Å². The molecule has 2 aromatic carbocycles. The van der Waals surface area contributed by atoms with Gasteiger partial charge in [-0.05, 0) is 67.3 Å². The summed E-state index contributed by atoms with van der Waals surface area (Å²) in [5.74, 6) is 0. The predicted molar refractivity (Wildman–Crippen MR) is 133 cm³/mol. The van der Waals surface area contributed by atoms with E-state index in [0.29, 0.717) is 11.6 Å². The van der Waals surface area contributed by atoms with Crippen molar-refractivity contribution in [3.63, 3.8) is 0 Å². The average molecular weight is 460 g/mol. The summed E-state index contributed by atoms with van der Waals surface area (Å²) in [5, 5.41) is 11.6. The number of likely N-dealkylation sites (tertiary alicyclic amines) is 1. The Labute approximate surface area is 194 Å². The highest BCUT2D eigenvalue weighted by Crippen LogP contribution is 2.41. The summed E-state index contributed by atoms with van der Waals surface area (Å²) in [6, 6.07) is 18.4. The molecule has 3 nitrogen and oxygen atoms in total. The highest BCUT2D eigenvalue weighted by atomic mass is 35.5. The zero-order valence-electron chi connectivity index (χ0n) is 19.7. The molecular formula is C26H38ClNO2Si. The minimum Gasteiger partial charge on any atom is -0.416 e. The molecule has 31 heavy (non-hydrogen) atoms. The molecule has 1 fully saturated rings. The standard InChI is InChI=1S/C26H38ClNO2Si/c1-25(2,3)31(4,5)30-20-26(22-9-7-6-8-10-22)15-17-28(18-16-26)19-24(29)21-11-13-23(27)14-12-21/h6-14,24,29H,15-20H2,1-5H3. The Hall–Kier alpha value is -1.17. The molecule has 1 aliphatic heterocycles. The first-order valence-corrected chi connectivity index (χ1v) is 14.7. The Balaban J connectivity index is 1.69. The first-order chi connectivity index (χ1) is 14.5. The average Bonchev–Trinajstić information content (AvgIpc) is 2.74. The fourth-order valence-corrected chi connectivity index (χ4v) is 5.24. The SMILES string of the molecule is CC(C)(C)[Si](C)(C)OCC1(c2ccccc2)CCN(CC(O)c2ccc(Cl)cc2)CC1. The van der Waals surface area contributed by atoms with Crippen LogP contribution in [-0.2, 0) is 9.84 Å². The van der Waals surface area contributed by atoms with Gasteiger partial charge in [0.05, 0.1) is 6.10 Å². The topological polar surface area (TPSA) is 32.7 Å². The maximum absolute atomic E-state index is 10.7. The molecule has 0 spiro atoms. The van der Waals surface area contributed by atoms with Gasteiger partial charge in [0, 0.05) is 23.6 Å². The van der Waals surface area contributed by atoms with Crippen LogP contribution in [0.5, 0.6) is 0 Å². The van der Waals surface area contributed by atoms with Crippen molar-refractivity contribution in [2.45, 2.75) is 63.3 Å². The maximum Gasteiger partial charge on any atom is 0.192 e. The summed E-state index contributed by atoms with van der Waals surface area (Å²) in [6.45, 7) is 14.9. The van der Waals surface area contributed by atoms with Gasteiger partial charge in [0.25, 0.3) is 0 Å². The number of nitrogens with zero attached hydrogens (tertiary/aromatic N) is 1. The van der Waals surface area contributed by atoms with E-state index in [4.69, 9.17) is 16.0 Å². The van der Waals surface area contributed by atoms with Gasteiger partial charge in [0.2, 0.25) is 0 Å². The third kappa shape index (κ3) is 5.99. The molecule has 1 heterocycles. The molecule has 0 amide bonds. The third-order valence-electron chi connectivity index (χ3n) is 7.40. The normalized spacial score (nSPS) is 18.7. The van der Waals surface area contributed by atoms with Crippen LogP contribution in [-0.4, -0.2) is 44.6 Å². The first kappa shape index (κ1) is 24.5. The van der Waals surface area contributed by atoms with Crippen LogP contribution < -0.4 is 0 Å². The van der Waals surface area contributed by atoms with Crippen molar-refractivity contribution in [3.05, 3.63) is 70.7 Å². The maximum atomic E-state index is 10.7. The van der Waals surface area contributed by atoms with Crippen LogP contribution in [0, 0.1) is 0 Å². The van der Waals surface area contributed by atoms with Gasteiger partial charge < -0.3 is 14.4 Å².